The fourth-order valence-electron chi connectivity index (χ4n) is 4.06. The number of anilines is 2. The number of rotatable bonds is 5. The van der Waals surface area contributed by atoms with E-state index in [4.69, 9.17) is 5.11 Å². The number of benzene rings is 3. The molecule has 3 N–H and O–H groups in total. The molecular formula is C26H23FN2O4. The lowest BCUT2D eigenvalue weighted by Gasteiger charge is -2.28. The van der Waals surface area contributed by atoms with Gasteiger partial charge in [-0.2, -0.15) is 0 Å². The number of hydrogen-bond donors (Lipinski definition) is 3. The molecule has 2 amide bonds. The zero-order chi connectivity index (χ0) is 23.6. The molecule has 3 aromatic carbocycles. The first-order valence-electron chi connectivity index (χ1n) is 10.6. The first kappa shape index (κ1) is 22.2. The standard InChI is InChI=1S/C26H23FN2O4/c1-16-3-2-4-21(13-16)29-25(33)28-20-8-5-17(6-9-20)18-7-10-22-19(14-18)11-12-26(27,24(22)32)15-23(30)31/h2-10,13-14H,11-12,15H2,1H3,(H,30,31)(H2,28,29,33). The molecule has 1 atom stereocenters. The van der Waals surface area contributed by atoms with E-state index in [2.05, 4.69) is 10.6 Å². The number of ketones is 1. The van der Waals surface area contributed by atoms with Crippen LogP contribution in [-0.4, -0.2) is 28.6 Å². The van der Waals surface area contributed by atoms with Crippen LogP contribution in [0.25, 0.3) is 11.1 Å². The predicted octanol–water partition coefficient (Wildman–Crippen LogP) is 5.62. The second-order valence-corrected chi connectivity index (χ2v) is 8.26. The van der Waals surface area contributed by atoms with Crippen molar-refractivity contribution in [2.24, 2.45) is 0 Å². The lowest BCUT2D eigenvalue weighted by atomic mass is 9.78. The van der Waals surface area contributed by atoms with Crippen LogP contribution in [0.4, 0.5) is 20.6 Å². The Labute approximate surface area is 190 Å². The minimum absolute atomic E-state index is 0.145. The summed E-state index contributed by atoms with van der Waals surface area (Å²) < 4.78 is 14.9. The van der Waals surface area contributed by atoms with E-state index in [1.54, 1.807) is 24.3 Å². The summed E-state index contributed by atoms with van der Waals surface area (Å²) in [5.41, 5.74) is 2.67. The number of fused-ring (bicyclic) bond motifs is 1. The molecule has 0 bridgehead atoms. The van der Waals surface area contributed by atoms with Gasteiger partial charge in [-0.15, -0.1) is 0 Å². The number of Topliss-reactive ketones (excluding diaryl/α,β-unsaturated/α-hetero) is 1. The van der Waals surface area contributed by atoms with Gasteiger partial charge in [0, 0.05) is 16.9 Å². The molecule has 1 aliphatic carbocycles. The van der Waals surface area contributed by atoms with Crippen molar-refractivity contribution in [3.05, 3.63) is 83.4 Å². The molecule has 4 rings (SSSR count). The number of carboxylic acids is 1. The third-order valence-corrected chi connectivity index (χ3v) is 5.73. The molecule has 7 heteroatoms. The molecule has 0 spiro atoms. The molecule has 0 heterocycles. The van der Waals surface area contributed by atoms with Gasteiger partial charge in [0.2, 0.25) is 5.78 Å². The molecule has 33 heavy (non-hydrogen) atoms. The highest BCUT2D eigenvalue weighted by Crippen LogP contribution is 2.36. The van der Waals surface area contributed by atoms with Crippen LogP contribution in [-0.2, 0) is 11.2 Å². The molecule has 0 saturated heterocycles. The maximum Gasteiger partial charge on any atom is 0.323 e. The van der Waals surface area contributed by atoms with E-state index < -0.39 is 23.8 Å². The molecule has 0 fully saturated rings. The van der Waals surface area contributed by atoms with Crippen LogP contribution in [0.3, 0.4) is 0 Å². The summed E-state index contributed by atoms with van der Waals surface area (Å²) in [6.07, 6.45) is -0.677. The summed E-state index contributed by atoms with van der Waals surface area (Å²) in [4.78, 5) is 35.7. The Morgan fingerprint density at radius 1 is 0.970 bits per heavy atom. The highest BCUT2D eigenvalue weighted by molar-refractivity contribution is 6.06. The highest BCUT2D eigenvalue weighted by atomic mass is 19.1. The SMILES string of the molecule is Cc1cccc(NC(=O)Nc2ccc(-c3ccc4c(c3)CCC(F)(CC(=O)O)C4=O)cc2)c1. The van der Waals surface area contributed by atoms with Gasteiger partial charge in [0.05, 0.1) is 6.42 Å². The van der Waals surface area contributed by atoms with Crippen molar-refractivity contribution < 1.29 is 23.9 Å². The molecule has 0 radical (unpaired) electrons. The van der Waals surface area contributed by atoms with Crippen LogP contribution in [0.2, 0.25) is 0 Å². The van der Waals surface area contributed by atoms with Gasteiger partial charge in [-0.3, -0.25) is 9.59 Å². The number of aliphatic carboxylic acids is 1. The number of hydrogen-bond acceptors (Lipinski definition) is 3. The Balaban J connectivity index is 1.46. The van der Waals surface area contributed by atoms with Gasteiger partial charge in [0.15, 0.2) is 5.67 Å². The molecule has 1 unspecified atom stereocenters. The van der Waals surface area contributed by atoms with Crippen LogP contribution < -0.4 is 10.6 Å². The van der Waals surface area contributed by atoms with E-state index in [-0.39, 0.29) is 24.4 Å². The van der Waals surface area contributed by atoms with Gasteiger partial charge in [-0.05, 0) is 66.3 Å². The van der Waals surface area contributed by atoms with Crippen molar-refractivity contribution in [2.45, 2.75) is 31.9 Å². The molecule has 1 aliphatic rings. The minimum Gasteiger partial charge on any atom is -0.481 e. The second-order valence-electron chi connectivity index (χ2n) is 8.26. The fourth-order valence-corrected chi connectivity index (χ4v) is 4.06. The molecule has 3 aromatic rings. The number of halogens is 1. The van der Waals surface area contributed by atoms with E-state index in [1.807, 2.05) is 49.4 Å². The van der Waals surface area contributed by atoms with Crippen molar-refractivity contribution >= 4 is 29.2 Å². The number of urea groups is 1. The zero-order valence-corrected chi connectivity index (χ0v) is 18.0. The largest absolute Gasteiger partial charge is 0.481 e. The first-order chi connectivity index (χ1) is 15.7. The number of carbonyl (C=O) groups is 3. The smallest absolute Gasteiger partial charge is 0.323 e. The lowest BCUT2D eigenvalue weighted by molar-refractivity contribution is -0.139. The highest BCUT2D eigenvalue weighted by Gasteiger charge is 2.44. The predicted molar refractivity (Wildman–Crippen MR) is 124 cm³/mol. The van der Waals surface area contributed by atoms with Gasteiger partial charge >= 0.3 is 12.0 Å². The minimum atomic E-state index is -2.35. The second kappa shape index (κ2) is 8.86. The maximum absolute atomic E-state index is 14.9. The summed E-state index contributed by atoms with van der Waals surface area (Å²) in [7, 11) is 0. The van der Waals surface area contributed by atoms with Gasteiger partial charge in [0.25, 0.3) is 0 Å². The quantitative estimate of drug-likeness (QED) is 0.474. The molecule has 0 saturated carbocycles. The number of aryl methyl sites for hydroxylation is 2. The summed E-state index contributed by atoms with van der Waals surface area (Å²) in [6, 6.07) is 19.5. The van der Waals surface area contributed by atoms with Gasteiger partial charge in [0.1, 0.15) is 0 Å². The van der Waals surface area contributed by atoms with Crippen LogP contribution in [0, 0.1) is 6.92 Å². The van der Waals surface area contributed by atoms with Crippen molar-refractivity contribution in [1.82, 2.24) is 0 Å². The first-order valence-corrected chi connectivity index (χ1v) is 10.6. The van der Waals surface area contributed by atoms with E-state index in [1.165, 1.54) is 0 Å². The summed E-state index contributed by atoms with van der Waals surface area (Å²) in [6.45, 7) is 1.95. The average molecular weight is 446 g/mol. The average Bonchev–Trinajstić information content (AvgIpc) is 2.76. The Morgan fingerprint density at radius 3 is 2.36 bits per heavy atom. The van der Waals surface area contributed by atoms with Gasteiger partial charge in [-0.25, -0.2) is 9.18 Å². The van der Waals surface area contributed by atoms with Crippen molar-refractivity contribution in [3.8, 4) is 11.1 Å². The van der Waals surface area contributed by atoms with E-state index in [9.17, 15) is 18.8 Å². The fraction of sp³-hybridized carbons (Fsp3) is 0.192. The summed E-state index contributed by atoms with van der Waals surface area (Å²) >= 11 is 0. The normalized spacial score (nSPS) is 17.2. The Kier molecular flexibility index (Phi) is 5.96. The third kappa shape index (κ3) is 4.92. The van der Waals surface area contributed by atoms with Crippen LogP contribution in [0.5, 0.6) is 0 Å². The molecular weight excluding hydrogens is 423 g/mol. The van der Waals surface area contributed by atoms with Gasteiger partial charge in [-0.1, -0.05) is 42.5 Å². The molecule has 0 aliphatic heterocycles. The van der Waals surface area contributed by atoms with E-state index in [0.717, 1.165) is 16.7 Å². The monoisotopic (exact) mass is 446 g/mol. The lowest BCUT2D eigenvalue weighted by Crippen LogP contribution is -2.40. The van der Waals surface area contributed by atoms with Crippen LogP contribution in [0.15, 0.2) is 66.7 Å². The maximum atomic E-state index is 14.9. The van der Waals surface area contributed by atoms with Crippen molar-refractivity contribution in [1.29, 1.82) is 0 Å². The Morgan fingerprint density at radius 2 is 1.67 bits per heavy atom. The molecule has 0 aromatic heterocycles. The van der Waals surface area contributed by atoms with E-state index >= 15 is 0 Å². The molecule has 6 nitrogen and oxygen atoms in total. The number of carbonyl (C=O) groups excluding carboxylic acids is 2. The van der Waals surface area contributed by atoms with E-state index in [0.29, 0.717) is 16.9 Å². The van der Waals surface area contributed by atoms with Crippen LogP contribution >= 0.6 is 0 Å². The topological polar surface area (TPSA) is 95.5 Å². The Bertz CT molecular complexity index is 1240. The number of alkyl halides is 1. The van der Waals surface area contributed by atoms with Crippen LogP contribution in [0.1, 0.15) is 34.3 Å². The van der Waals surface area contributed by atoms with Crippen molar-refractivity contribution in [3.63, 3.8) is 0 Å². The summed E-state index contributed by atoms with van der Waals surface area (Å²) in [5.74, 6) is -2.09. The van der Waals surface area contributed by atoms with Gasteiger partial charge < -0.3 is 15.7 Å². The molecule has 168 valence electrons. The van der Waals surface area contributed by atoms with Crippen molar-refractivity contribution in [2.75, 3.05) is 10.6 Å². The number of carboxylic acid groups (broad SMARTS) is 1. The summed E-state index contributed by atoms with van der Waals surface area (Å²) in [5, 5.41) is 14.5. The number of nitrogens with one attached hydrogen (secondary N) is 2. The zero-order valence-electron chi connectivity index (χ0n) is 18.0. The third-order valence-electron chi connectivity index (χ3n) is 5.73. The number of amides is 2. The Hall–Kier alpha value is -4.00.